The second-order valence-corrected chi connectivity index (χ2v) is 6.34. The second kappa shape index (κ2) is 21.4. The van der Waals surface area contributed by atoms with Crippen LogP contribution in [0.5, 0.6) is 0 Å². The fourth-order valence-electron chi connectivity index (χ4n) is 2.48. The maximum absolute atomic E-state index is 5.50. The zero-order valence-corrected chi connectivity index (χ0v) is 15.6. The Morgan fingerprint density at radius 1 is 0.652 bits per heavy atom. The van der Waals surface area contributed by atoms with Gasteiger partial charge in [0, 0.05) is 13.2 Å². The smallest absolute Gasteiger partial charge is 0.0478 e. The largest absolute Gasteiger partial charge is 0.381 e. The van der Waals surface area contributed by atoms with E-state index in [2.05, 4.69) is 31.2 Å². The highest BCUT2D eigenvalue weighted by Crippen LogP contribution is 2.08. The number of ether oxygens (including phenoxy) is 1. The molecule has 2 heteroatoms. The molecule has 0 aromatic carbocycles. The normalized spacial score (nSPS) is 11.9. The summed E-state index contributed by atoms with van der Waals surface area (Å²) >= 11 is 0. The first-order valence-electron chi connectivity index (χ1n) is 9.99. The van der Waals surface area contributed by atoms with Crippen LogP contribution in [0.1, 0.15) is 90.4 Å². The summed E-state index contributed by atoms with van der Waals surface area (Å²) in [6, 6.07) is 0. The van der Waals surface area contributed by atoms with Crippen molar-refractivity contribution < 1.29 is 4.74 Å². The van der Waals surface area contributed by atoms with E-state index in [9.17, 15) is 0 Å². The topological polar surface area (TPSA) is 35.2 Å². The van der Waals surface area contributed by atoms with Gasteiger partial charge in [-0.2, -0.15) is 0 Å². The molecule has 0 amide bonds. The van der Waals surface area contributed by atoms with E-state index in [1.54, 1.807) is 0 Å². The van der Waals surface area contributed by atoms with Crippen LogP contribution in [-0.4, -0.2) is 19.8 Å². The highest BCUT2D eigenvalue weighted by Gasteiger charge is 1.92. The first-order valence-corrected chi connectivity index (χ1v) is 9.99. The van der Waals surface area contributed by atoms with Gasteiger partial charge in [-0.05, 0) is 51.5 Å². The molecular weight excluding hydrogens is 282 g/mol. The van der Waals surface area contributed by atoms with Gasteiger partial charge in [-0.1, -0.05) is 69.8 Å². The lowest BCUT2D eigenvalue weighted by Gasteiger charge is -2.03. The molecule has 0 rings (SSSR count). The Bertz CT molecular complexity index is 261. The Labute approximate surface area is 145 Å². The predicted octanol–water partition coefficient (Wildman–Crippen LogP) is 6.17. The maximum atomic E-state index is 5.50. The lowest BCUT2D eigenvalue weighted by atomic mass is 10.1. The highest BCUT2D eigenvalue weighted by molar-refractivity contribution is 4.92. The van der Waals surface area contributed by atoms with Crippen LogP contribution >= 0.6 is 0 Å². The summed E-state index contributed by atoms with van der Waals surface area (Å²) in [4.78, 5) is 0. The monoisotopic (exact) mass is 323 g/mol. The van der Waals surface area contributed by atoms with Crippen LogP contribution in [-0.2, 0) is 4.74 Å². The lowest BCUT2D eigenvalue weighted by Crippen LogP contribution is -2.04. The summed E-state index contributed by atoms with van der Waals surface area (Å²) in [5, 5.41) is 0. The molecule has 0 saturated heterocycles. The van der Waals surface area contributed by atoms with Crippen LogP contribution in [0.3, 0.4) is 0 Å². The lowest BCUT2D eigenvalue weighted by molar-refractivity contribution is 0.129. The van der Waals surface area contributed by atoms with Crippen LogP contribution in [0, 0.1) is 0 Å². The zero-order valence-electron chi connectivity index (χ0n) is 15.6. The molecule has 136 valence electrons. The first-order chi connectivity index (χ1) is 11.4. The molecule has 0 fully saturated rings. The molecule has 0 aromatic heterocycles. The van der Waals surface area contributed by atoms with Crippen molar-refractivity contribution in [3.05, 3.63) is 24.3 Å². The summed E-state index contributed by atoms with van der Waals surface area (Å²) in [5.41, 5.74) is 5.42. The number of rotatable bonds is 18. The Balaban J connectivity index is 3.10. The Morgan fingerprint density at radius 2 is 1.22 bits per heavy atom. The average molecular weight is 324 g/mol. The average Bonchev–Trinajstić information content (AvgIpc) is 2.57. The van der Waals surface area contributed by atoms with Gasteiger partial charge in [0.15, 0.2) is 0 Å². The van der Waals surface area contributed by atoms with Crippen molar-refractivity contribution in [1.29, 1.82) is 0 Å². The first kappa shape index (κ1) is 22.4. The quantitative estimate of drug-likeness (QED) is 0.242. The number of nitrogens with two attached hydrogens (primary N) is 1. The molecule has 23 heavy (non-hydrogen) atoms. The van der Waals surface area contributed by atoms with Crippen LogP contribution in [0.25, 0.3) is 0 Å². The number of hydrogen-bond acceptors (Lipinski definition) is 2. The molecule has 0 spiro atoms. The summed E-state index contributed by atoms with van der Waals surface area (Å²) in [6.07, 6.45) is 25.8. The third-order valence-corrected chi connectivity index (χ3v) is 3.98. The number of allylic oxidation sites excluding steroid dienone is 4. The van der Waals surface area contributed by atoms with Crippen LogP contribution in [0.2, 0.25) is 0 Å². The van der Waals surface area contributed by atoms with E-state index in [0.29, 0.717) is 0 Å². The van der Waals surface area contributed by atoms with Crippen molar-refractivity contribution in [2.75, 3.05) is 19.8 Å². The fourth-order valence-corrected chi connectivity index (χ4v) is 2.48. The van der Waals surface area contributed by atoms with Crippen LogP contribution < -0.4 is 5.73 Å². The van der Waals surface area contributed by atoms with Crippen molar-refractivity contribution in [1.82, 2.24) is 0 Å². The SMILES string of the molecule is CCCCCC=CCC=CCCCCCCCCOCCCN. The maximum Gasteiger partial charge on any atom is 0.0478 e. The van der Waals surface area contributed by atoms with Crippen molar-refractivity contribution >= 4 is 0 Å². The molecule has 0 bridgehead atoms. The van der Waals surface area contributed by atoms with Gasteiger partial charge < -0.3 is 10.5 Å². The molecule has 2 N–H and O–H groups in total. The Kier molecular flexibility index (Phi) is 20.8. The van der Waals surface area contributed by atoms with E-state index in [-0.39, 0.29) is 0 Å². The van der Waals surface area contributed by atoms with Gasteiger partial charge in [0.05, 0.1) is 0 Å². The van der Waals surface area contributed by atoms with Gasteiger partial charge in [-0.25, -0.2) is 0 Å². The fraction of sp³-hybridized carbons (Fsp3) is 0.810. The van der Waals surface area contributed by atoms with Crippen molar-refractivity contribution in [3.63, 3.8) is 0 Å². The van der Waals surface area contributed by atoms with E-state index in [4.69, 9.17) is 10.5 Å². The second-order valence-electron chi connectivity index (χ2n) is 6.34. The van der Waals surface area contributed by atoms with E-state index >= 15 is 0 Å². The van der Waals surface area contributed by atoms with Gasteiger partial charge in [-0.3, -0.25) is 0 Å². The van der Waals surface area contributed by atoms with Crippen LogP contribution in [0.4, 0.5) is 0 Å². The molecule has 0 aliphatic heterocycles. The Morgan fingerprint density at radius 3 is 1.87 bits per heavy atom. The minimum Gasteiger partial charge on any atom is -0.381 e. The third kappa shape index (κ3) is 21.4. The minimum absolute atomic E-state index is 0.740. The summed E-state index contributed by atoms with van der Waals surface area (Å²) < 4.78 is 5.50. The summed E-state index contributed by atoms with van der Waals surface area (Å²) in [7, 11) is 0. The third-order valence-electron chi connectivity index (χ3n) is 3.98. The Hall–Kier alpha value is -0.600. The van der Waals surface area contributed by atoms with Gasteiger partial charge >= 0.3 is 0 Å². The molecule has 0 aromatic rings. The summed E-state index contributed by atoms with van der Waals surface area (Å²) in [6.45, 7) is 4.74. The molecule has 0 aliphatic rings. The molecule has 2 nitrogen and oxygen atoms in total. The standard InChI is InChI=1S/C21H41NO/c1-2-3-4-5-6-7-8-9-10-11-12-13-14-15-16-17-20-23-21-18-19-22/h6-7,9-10H,2-5,8,11-22H2,1H3. The van der Waals surface area contributed by atoms with Crippen LogP contribution in [0.15, 0.2) is 24.3 Å². The highest BCUT2D eigenvalue weighted by atomic mass is 16.5. The predicted molar refractivity (Wildman–Crippen MR) is 104 cm³/mol. The molecule has 0 radical (unpaired) electrons. The molecule has 0 heterocycles. The minimum atomic E-state index is 0.740. The zero-order chi connectivity index (χ0) is 16.8. The molecule has 0 unspecified atom stereocenters. The van der Waals surface area contributed by atoms with E-state index in [1.807, 2.05) is 0 Å². The molecule has 0 saturated carbocycles. The van der Waals surface area contributed by atoms with Gasteiger partial charge in [0.2, 0.25) is 0 Å². The number of hydrogen-bond donors (Lipinski definition) is 1. The van der Waals surface area contributed by atoms with E-state index in [1.165, 1.54) is 70.6 Å². The van der Waals surface area contributed by atoms with Crippen molar-refractivity contribution in [3.8, 4) is 0 Å². The van der Waals surface area contributed by atoms with E-state index < -0.39 is 0 Å². The van der Waals surface area contributed by atoms with Gasteiger partial charge in [-0.15, -0.1) is 0 Å². The van der Waals surface area contributed by atoms with Crippen molar-refractivity contribution in [2.45, 2.75) is 90.4 Å². The van der Waals surface area contributed by atoms with Gasteiger partial charge in [0.1, 0.15) is 0 Å². The molecule has 0 aliphatic carbocycles. The summed E-state index contributed by atoms with van der Waals surface area (Å²) in [5.74, 6) is 0. The molecular formula is C21H41NO. The number of unbranched alkanes of at least 4 members (excludes halogenated alkanes) is 9. The van der Waals surface area contributed by atoms with E-state index in [0.717, 1.165) is 32.6 Å². The van der Waals surface area contributed by atoms with Crippen molar-refractivity contribution in [2.24, 2.45) is 5.73 Å². The van der Waals surface area contributed by atoms with Gasteiger partial charge in [0.25, 0.3) is 0 Å². The molecule has 0 atom stereocenters.